The number of allylic oxidation sites excluding steroid dienone is 1. The number of carbonyl (C=O) groups is 1. The smallest absolute Gasteiger partial charge is 0.189 e. The van der Waals surface area contributed by atoms with E-state index in [4.69, 9.17) is 9.47 Å². The molecule has 1 aromatic heterocycles. The molecular formula is C18H22N2O3. The summed E-state index contributed by atoms with van der Waals surface area (Å²) in [6, 6.07) is 5.76. The van der Waals surface area contributed by atoms with E-state index in [-0.39, 0.29) is 5.78 Å². The second-order valence-corrected chi connectivity index (χ2v) is 5.17. The number of benzene rings is 1. The van der Waals surface area contributed by atoms with E-state index in [1.165, 1.54) is 0 Å². The second kappa shape index (κ2) is 7.74. The number of ether oxygens (including phenoxy) is 2. The SMILES string of the molecule is CCOCc1cc(/C=C/C(=O)c2cnn(C)c2C)ccc1OC. The molecule has 0 aliphatic carbocycles. The lowest BCUT2D eigenvalue weighted by molar-refractivity contribution is 0.104. The van der Waals surface area contributed by atoms with Crippen LogP contribution < -0.4 is 4.74 Å². The predicted octanol–water partition coefficient (Wildman–Crippen LogP) is 3.17. The summed E-state index contributed by atoms with van der Waals surface area (Å²) in [6.45, 7) is 4.95. The monoisotopic (exact) mass is 314 g/mol. The Morgan fingerprint density at radius 2 is 2.17 bits per heavy atom. The van der Waals surface area contributed by atoms with Gasteiger partial charge in [0, 0.05) is 24.9 Å². The van der Waals surface area contributed by atoms with Crippen LogP contribution in [-0.4, -0.2) is 29.3 Å². The topological polar surface area (TPSA) is 53.3 Å². The summed E-state index contributed by atoms with van der Waals surface area (Å²) in [4.78, 5) is 12.2. The van der Waals surface area contributed by atoms with E-state index < -0.39 is 0 Å². The van der Waals surface area contributed by atoms with Crippen LogP contribution in [0.15, 0.2) is 30.5 Å². The van der Waals surface area contributed by atoms with Crippen molar-refractivity contribution >= 4 is 11.9 Å². The van der Waals surface area contributed by atoms with Crippen molar-refractivity contribution in [3.8, 4) is 5.75 Å². The molecule has 1 aromatic carbocycles. The molecule has 5 heteroatoms. The first-order chi connectivity index (χ1) is 11.1. The van der Waals surface area contributed by atoms with Gasteiger partial charge in [-0.1, -0.05) is 12.1 Å². The van der Waals surface area contributed by atoms with Crippen LogP contribution in [0.2, 0.25) is 0 Å². The van der Waals surface area contributed by atoms with Crippen molar-refractivity contribution in [3.63, 3.8) is 0 Å². The third-order valence-corrected chi connectivity index (χ3v) is 3.69. The fourth-order valence-corrected chi connectivity index (χ4v) is 2.23. The van der Waals surface area contributed by atoms with Crippen LogP contribution in [0.25, 0.3) is 6.08 Å². The Balaban J connectivity index is 2.18. The minimum absolute atomic E-state index is 0.0576. The maximum atomic E-state index is 12.2. The molecular weight excluding hydrogens is 292 g/mol. The van der Waals surface area contributed by atoms with Gasteiger partial charge in [-0.15, -0.1) is 0 Å². The molecule has 0 atom stereocenters. The number of carbonyl (C=O) groups excluding carboxylic acids is 1. The molecule has 0 aliphatic heterocycles. The highest BCUT2D eigenvalue weighted by Gasteiger charge is 2.10. The maximum Gasteiger partial charge on any atom is 0.189 e. The largest absolute Gasteiger partial charge is 0.496 e. The van der Waals surface area contributed by atoms with Gasteiger partial charge in [0.15, 0.2) is 5.78 Å². The van der Waals surface area contributed by atoms with Gasteiger partial charge in [0.25, 0.3) is 0 Å². The van der Waals surface area contributed by atoms with Crippen LogP contribution in [0.5, 0.6) is 5.75 Å². The Hall–Kier alpha value is -2.40. The number of hydrogen-bond donors (Lipinski definition) is 0. The van der Waals surface area contributed by atoms with Gasteiger partial charge >= 0.3 is 0 Å². The van der Waals surface area contributed by atoms with Gasteiger partial charge in [-0.2, -0.15) is 5.10 Å². The zero-order chi connectivity index (χ0) is 16.8. The summed E-state index contributed by atoms with van der Waals surface area (Å²) in [5.41, 5.74) is 3.36. The predicted molar refractivity (Wildman–Crippen MR) is 89.6 cm³/mol. The van der Waals surface area contributed by atoms with Crippen LogP contribution in [0, 0.1) is 6.92 Å². The van der Waals surface area contributed by atoms with E-state index in [2.05, 4.69) is 5.10 Å². The van der Waals surface area contributed by atoms with Crippen LogP contribution in [0.3, 0.4) is 0 Å². The number of methoxy groups -OCH3 is 1. The molecule has 0 fully saturated rings. The average Bonchev–Trinajstić information content (AvgIpc) is 2.90. The molecule has 0 amide bonds. The quantitative estimate of drug-likeness (QED) is 0.582. The van der Waals surface area contributed by atoms with Crippen LogP contribution in [0.4, 0.5) is 0 Å². The van der Waals surface area contributed by atoms with Crippen LogP contribution in [0.1, 0.15) is 34.1 Å². The van der Waals surface area contributed by atoms with E-state index in [1.807, 2.05) is 39.1 Å². The van der Waals surface area contributed by atoms with Gasteiger partial charge in [-0.3, -0.25) is 9.48 Å². The first-order valence-electron chi connectivity index (χ1n) is 7.52. The first-order valence-corrected chi connectivity index (χ1v) is 7.52. The molecule has 2 rings (SSSR count). The Bertz CT molecular complexity index is 717. The van der Waals surface area contributed by atoms with E-state index in [0.29, 0.717) is 18.8 Å². The standard InChI is InChI=1S/C18H22N2O3/c1-5-23-12-15-10-14(7-9-18(15)22-4)6-8-17(21)16-11-19-20(3)13(16)2/h6-11H,5,12H2,1-4H3/b8-6+. The van der Waals surface area contributed by atoms with Gasteiger partial charge in [-0.25, -0.2) is 0 Å². The first kappa shape index (κ1) is 17.0. The molecule has 0 unspecified atom stereocenters. The van der Waals surface area contributed by atoms with Crippen molar-refractivity contribution in [2.45, 2.75) is 20.5 Å². The third-order valence-electron chi connectivity index (χ3n) is 3.69. The summed E-state index contributed by atoms with van der Waals surface area (Å²) in [7, 11) is 3.45. The number of ketones is 1. The number of nitrogens with zero attached hydrogens (tertiary/aromatic N) is 2. The van der Waals surface area contributed by atoms with Gasteiger partial charge in [0.2, 0.25) is 0 Å². The number of aryl methyl sites for hydroxylation is 1. The molecule has 0 saturated carbocycles. The summed E-state index contributed by atoms with van der Waals surface area (Å²) in [5.74, 6) is 0.725. The van der Waals surface area contributed by atoms with E-state index in [1.54, 1.807) is 30.1 Å². The minimum atomic E-state index is -0.0576. The van der Waals surface area contributed by atoms with Gasteiger partial charge in [0.05, 0.1) is 25.5 Å². The van der Waals surface area contributed by atoms with Crippen LogP contribution in [-0.2, 0) is 18.4 Å². The Morgan fingerprint density at radius 1 is 1.39 bits per heavy atom. The van der Waals surface area contributed by atoms with Crippen molar-refractivity contribution in [2.24, 2.45) is 7.05 Å². The van der Waals surface area contributed by atoms with Gasteiger partial charge < -0.3 is 9.47 Å². The second-order valence-electron chi connectivity index (χ2n) is 5.17. The lowest BCUT2D eigenvalue weighted by Gasteiger charge is -2.09. The summed E-state index contributed by atoms with van der Waals surface area (Å²) in [6.07, 6.45) is 4.95. The lowest BCUT2D eigenvalue weighted by Crippen LogP contribution is -1.99. The molecule has 5 nitrogen and oxygen atoms in total. The average molecular weight is 314 g/mol. The van der Waals surface area contributed by atoms with E-state index in [0.717, 1.165) is 22.6 Å². The highest BCUT2D eigenvalue weighted by Crippen LogP contribution is 2.21. The van der Waals surface area contributed by atoms with Crippen LogP contribution >= 0.6 is 0 Å². The highest BCUT2D eigenvalue weighted by atomic mass is 16.5. The Labute approximate surface area is 136 Å². The molecule has 122 valence electrons. The van der Waals surface area contributed by atoms with Crippen molar-refractivity contribution in [1.82, 2.24) is 9.78 Å². The lowest BCUT2D eigenvalue weighted by atomic mass is 10.1. The number of hydrogen-bond acceptors (Lipinski definition) is 4. The van der Waals surface area contributed by atoms with E-state index >= 15 is 0 Å². The normalized spacial score (nSPS) is 11.1. The molecule has 0 saturated heterocycles. The fourth-order valence-electron chi connectivity index (χ4n) is 2.23. The molecule has 0 aliphatic rings. The molecule has 0 N–H and O–H groups in total. The fraction of sp³-hybridized carbons (Fsp3) is 0.333. The molecule has 2 aromatic rings. The summed E-state index contributed by atoms with van der Waals surface area (Å²) >= 11 is 0. The molecule has 0 spiro atoms. The molecule has 1 heterocycles. The summed E-state index contributed by atoms with van der Waals surface area (Å²) in [5, 5.41) is 4.09. The molecule has 0 bridgehead atoms. The number of rotatable bonds is 7. The zero-order valence-electron chi connectivity index (χ0n) is 14.0. The molecule has 23 heavy (non-hydrogen) atoms. The van der Waals surface area contributed by atoms with Gasteiger partial charge in [0.1, 0.15) is 5.75 Å². The van der Waals surface area contributed by atoms with E-state index in [9.17, 15) is 4.79 Å². The zero-order valence-corrected chi connectivity index (χ0v) is 14.0. The summed E-state index contributed by atoms with van der Waals surface area (Å²) < 4.78 is 12.5. The van der Waals surface area contributed by atoms with Crippen molar-refractivity contribution in [1.29, 1.82) is 0 Å². The Morgan fingerprint density at radius 3 is 2.78 bits per heavy atom. The minimum Gasteiger partial charge on any atom is -0.496 e. The van der Waals surface area contributed by atoms with Gasteiger partial charge in [-0.05, 0) is 37.6 Å². The van der Waals surface area contributed by atoms with Crippen molar-refractivity contribution in [2.75, 3.05) is 13.7 Å². The van der Waals surface area contributed by atoms with Crippen molar-refractivity contribution in [3.05, 3.63) is 52.9 Å². The van der Waals surface area contributed by atoms with Crippen molar-refractivity contribution < 1.29 is 14.3 Å². The maximum absolute atomic E-state index is 12.2. The third kappa shape index (κ3) is 4.07. The highest BCUT2D eigenvalue weighted by molar-refractivity contribution is 6.07. The Kier molecular flexibility index (Phi) is 5.71. The molecule has 0 radical (unpaired) electrons. The number of aromatic nitrogens is 2.